The van der Waals surface area contributed by atoms with Crippen LogP contribution in [0.2, 0.25) is 0 Å². The van der Waals surface area contributed by atoms with Gasteiger partial charge in [0.2, 0.25) is 11.8 Å². The molecule has 0 unspecified atom stereocenters. The highest BCUT2D eigenvalue weighted by Gasteiger charge is 2.60. The number of carbonyl (C=O) groups is 3. The van der Waals surface area contributed by atoms with Crippen molar-refractivity contribution in [3.05, 3.63) is 81.9 Å². The number of anilines is 1. The van der Waals surface area contributed by atoms with Gasteiger partial charge in [0.1, 0.15) is 5.69 Å². The molecule has 0 aromatic heterocycles. The summed E-state index contributed by atoms with van der Waals surface area (Å²) >= 11 is 0. The third-order valence-corrected chi connectivity index (χ3v) is 8.40. The summed E-state index contributed by atoms with van der Waals surface area (Å²) in [5.74, 6) is -1.35. The minimum atomic E-state index is -0.611. The Morgan fingerprint density at radius 1 is 0.944 bits per heavy atom. The van der Waals surface area contributed by atoms with Gasteiger partial charge in [-0.15, -0.1) is 0 Å². The fraction of sp³-hybridized carbons (Fsp3) is 0.393. The average molecular weight is 486 g/mol. The van der Waals surface area contributed by atoms with Crippen molar-refractivity contribution in [3.8, 4) is 0 Å². The molecule has 6 rings (SSSR count). The Bertz CT molecular complexity index is 1250. The lowest BCUT2D eigenvalue weighted by Crippen LogP contribution is -2.39. The van der Waals surface area contributed by atoms with E-state index in [1.54, 1.807) is 4.90 Å². The van der Waals surface area contributed by atoms with Gasteiger partial charge in [-0.05, 0) is 61.1 Å². The van der Waals surface area contributed by atoms with E-state index < -0.39 is 16.8 Å². The van der Waals surface area contributed by atoms with Crippen LogP contribution in [0.4, 0.5) is 11.4 Å². The standard InChI is InChI=1S/C28H27N3O5/c32-26(29-12-10-18(11-13-29)14-17-4-2-1-3-5-17)21-8-9-22(23(16-21)31(35)36)30-27(33)24-19-6-7-20(15-19)25(24)28(30)34/h1-9,16,18-20,24-25H,10-15H2/t19-,20-,24-,25+/m0/s1. The third kappa shape index (κ3) is 3.63. The van der Waals surface area contributed by atoms with Crippen molar-refractivity contribution in [2.75, 3.05) is 18.0 Å². The van der Waals surface area contributed by atoms with Gasteiger partial charge in [-0.1, -0.05) is 42.5 Å². The molecule has 4 aliphatic rings. The molecule has 1 saturated carbocycles. The molecule has 8 nitrogen and oxygen atoms in total. The number of likely N-dealkylation sites (tertiary alicyclic amines) is 1. The molecule has 0 spiro atoms. The highest BCUT2D eigenvalue weighted by molar-refractivity contribution is 6.23. The fourth-order valence-corrected chi connectivity index (χ4v) is 6.60. The first-order valence-corrected chi connectivity index (χ1v) is 12.6. The number of imide groups is 1. The molecular weight excluding hydrogens is 458 g/mol. The number of fused-ring (bicyclic) bond motifs is 5. The van der Waals surface area contributed by atoms with Gasteiger partial charge in [-0.3, -0.25) is 24.5 Å². The quantitative estimate of drug-likeness (QED) is 0.276. The van der Waals surface area contributed by atoms with Crippen molar-refractivity contribution in [2.45, 2.75) is 25.7 Å². The predicted molar refractivity (Wildman–Crippen MR) is 132 cm³/mol. The van der Waals surface area contributed by atoms with E-state index in [1.807, 2.05) is 30.4 Å². The van der Waals surface area contributed by atoms with E-state index in [1.165, 1.54) is 23.8 Å². The number of hydrogen-bond acceptors (Lipinski definition) is 5. The van der Waals surface area contributed by atoms with Crippen molar-refractivity contribution < 1.29 is 19.3 Å². The van der Waals surface area contributed by atoms with Crippen LogP contribution in [-0.2, 0) is 16.0 Å². The van der Waals surface area contributed by atoms with Gasteiger partial charge in [-0.25, -0.2) is 4.90 Å². The molecule has 2 bridgehead atoms. The van der Waals surface area contributed by atoms with Crippen molar-refractivity contribution in [1.29, 1.82) is 0 Å². The molecule has 184 valence electrons. The second kappa shape index (κ2) is 8.69. The highest BCUT2D eigenvalue weighted by Crippen LogP contribution is 2.53. The summed E-state index contributed by atoms with van der Waals surface area (Å²) in [5, 5.41) is 12.0. The summed E-state index contributed by atoms with van der Waals surface area (Å²) < 4.78 is 0. The topological polar surface area (TPSA) is 101 Å². The molecule has 2 saturated heterocycles. The molecule has 36 heavy (non-hydrogen) atoms. The Labute approximate surface area is 208 Å². The minimum absolute atomic E-state index is 0.0196. The Balaban J connectivity index is 1.19. The van der Waals surface area contributed by atoms with E-state index in [9.17, 15) is 24.5 Å². The lowest BCUT2D eigenvalue weighted by Gasteiger charge is -2.32. The lowest BCUT2D eigenvalue weighted by atomic mass is 9.85. The van der Waals surface area contributed by atoms with E-state index in [0.717, 1.165) is 30.6 Å². The highest BCUT2D eigenvalue weighted by atomic mass is 16.6. The molecule has 2 aliphatic carbocycles. The second-order valence-corrected chi connectivity index (χ2v) is 10.4. The van der Waals surface area contributed by atoms with E-state index >= 15 is 0 Å². The molecule has 2 heterocycles. The summed E-state index contributed by atoms with van der Waals surface area (Å²) in [5.41, 5.74) is 1.06. The molecular formula is C28H27N3O5. The van der Waals surface area contributed by atoms with Crippen molar-refractivity contribution in [2.24, 2.45) is 29.6 Å². The molecule has 0 N–H and O–H groups in total. The molecule has 3 fully saturated rings. The first-order valence-electron chi connectivity index (χ1n) is 12.6. The first-order chi connectivity index (χ1) is 17.4. The Hall–Kier alpha value is -3.81. The number of nitro groups is 1. The molecule has 2 aromatic rings. The number of nitro benzene ring substituents is 1. The number of amides is 3. The van der Waals surface area contributed by atoms with Crippen LogP contribution in [0.15, 0.2) is 60.7 Å². The summed E-state index contributed by atoms with van der Waals surface area (Å²) in [6.07, 6.45) is 7.48. The second-order valence-electron chi connectivity index (χ2n) is 10.4. The fourth-order valence-electron chi connectivity index (χ4n) is 6.60. The van der Waals surface area contributed by atoms with Crippen LogP contribution in [0.1, 0.15) is 35.2 Å². The van der Waals surface area contributed by atoms with E-state index in [4.69, 9.17) is 0 Å². The monoisotopic (exact) mass is 485 g/mol. The lowest BCUT2D eigenvalue weighted by molar-refractivity contribution is -0.384. The molecule has 0 radical (unpaired) electrons. The van der Waals surface area contributed by atoms with Gasteiger partial charge in [0, 0.05) is 24.7 Å². The summed E-state index contributed by atoms with van der Waals surface area (Å²) in [7, 11) is 0. The Kier molecular flexibility index (Phi) is 5.47. The van der Waals surface area contributed by atoms with Crippen LogP contribution >= 0.6 is 0 Å². The van der Waals surface area contributed by atoms with Gasteiger partial charge < -0.3 is 4.90 Å². The molecule has 3 amide bonds. The van der Waals surface area contributed by atoms with Crippen LogP contribution in [0.5, 0.6) is 0 Å². The minimum Gasteiger partial charge on any atom is -0.339 e. The van der Waals surface area contributed by atoms with Crippen LogP contribution in [-0.4, -0.2) is 40.6 Å². The van der Waals surface area contributed by atoms with Gasteiger partial charge in [0.05, 0.1) is 16.8 Å². The summed E-state index contributed by atoms with van der Waals surface area (Å²) in [6.45, 7) is 1.18. The number of hydrogen-bond donors (Lipinski definition) is 0. The zero-order valence-electron chi connectivity index (χ0n) is 19.8. The molecule has 8 heteroatoms. The molecule has 2 aromatic carbocycles. The van der Waals surface area contributed by atoms with Gasteiger partial charge in [-0.2, -0.15) is 0 Å². The summed E-state index contributed by atoms with van der Waals surface area (Å²) in [4.78, 5) is 53.6. The third-order valence-electron chi connectivity index (χ3n) is 8.40. The predicted octanol–water partition coefficient (Wildman–Crippen LogP) is 4.00. The van der Waals surface area contributed by atoms with Gasteiger partial charge >= 0.3 is 0 Å². The van der Waals surface area contributed by atoms with Crippen molar-refractivity contribution in [3.63, 3.8) is 0 Å². The van der Waals surface area contributed by atoms with Crippen molar-refractivity contribution in [1.82, 2.24) is 4.90 Å². The van der Waals surface area contributed by atoms with Crippen LogP contribution in [0.25, 0.3) is 0 Å². The number of benzene rings is 2. The first kappa shape index (κ1) is 22.6. The molecule has 4 atom stereocenters. The van der Waals surface area contributed by atoms with Crippen LogP contribution in [0.3, 0.4) is 0 Å². The maximum atomic E-state index is 13.2. The Morgan fingerprint density at radius 3 is 2.19 bits per heavy atom. The van der Waals surface area contributed by atoms with E-state index in [0.29, 0.717) is 19.0 Å². The summed E-state index contributed by atoms with van der Waals surface area (Å²) in [6, 6.07) is 14.4. The smallest absolute Gasteiger partial charge is 0.294 e. The average Bonchev–Trinajstić information content (AvgIpc) is 3.58. The molecule has 2 aliphatic heterocycles. The van der Waals surface area contributed by atoms with Crippen LogP contribution in [0, 0.1) is 39.7 Å². The zero-order valence-corrected chi connectivity index (χ0v) is 19.8. The normalized spacial score (nSPS) is 27.1. The van der Waals surface area contributed by atoms with Gasteiger partial charge in [0.25, 0.3) is 11.6 Å². The maximum absolute atomic E-state index is 13.2. The largest absolute Gasteiger partial charge is 0.339 e. The van der Waals surface area contributed by atoms with Crippen LogP contribution < -0.4 is 4.90 Å². The number of carbonyl (C=O) groups excluding carboxylic acids is 3. The zero-order chi connectivity index (χ0) is 25.0. The SMILES string of the molecule is O=C(c1ccc(N2C(=O)[C@@H]3[C@H](C2=O)[C@H]2C=C[C@H]3C2)c([N+](=O)[O-])c1)N1CCC(Cc2ccccc2)CC1. The van der Waals surface area contributed by atoms with Crippen molar-refractivity contribution >= 4 is 29.1 Å². The maximum Gasteiger partial charge on any atom is 0.294 e. The van der Waals surface area contributed by atoms with E-state index in [2.05, 4.69) is 12.1 Å². The number of nitrogens with zero attached hydrogens (tertiary/aromatic N) is 3. The number of piperidine rings is 1. The Morgan fingerprint density at radius 2 is 1.58 bits per heavy atom. The van der Waals surface area contributed by atoms with Gasteiger partial charge in [0.15, 0.2) is 0 Å². The number of rotatable bonds is 5. The van der Waals surface area contributed by atoms with E-state index in [-0.39, 0.29) is 46.5 Å². The number of allylic oxidation sites excluding steroid dienone is 2.